The lowest BCUT2D eigenvalue weighted by molar-refractivity contribution is -0.0395. The third-order valence-corrected chi connectivity index (χ3v) is 6.34. The summed E-state index contributed by atoms with van der Waals surface area (Å²) in [4.78, 5) is 5.10. The number of nitrogens with zero attached hydrogens (tertiary/aromatic N) is 2. The molecule has 2 fully saturated rings. The van der Waals surface area contributed by atoms with E-state index in [9.17, 15) is 0 Å². The summed E-state index contributed by atoms with van der Waals surface area (Å²) in [5.41, 5.74) is 6.86. The summed E-state index contributed by atoms with van der Waals surface area (Å²) < 4.78 is 0. The van der Waals surface area contributed by atoms with Gasteiger partial charge < -0.3 is 10.6 Å². The molecule has 1 unspecified atom stereocenters. The van der Waals surface area contributed by atoms with Crippen LogP contribution in [0.1, 0.15) is 52.4 Å². The van der Waals surface area contributed by atoms with E-state index in [0.717, 1.165) is 12.5 Å². The van der Waals surface area contributed by atoms with Crippen LogP contribution in [0.25, 0.3) is 0 Å². The zero-order valence-electron chi connectivity index (χ0n) is 14.1. The monoisotopic (exact) mass is 281 g/mol. The average molecular weight is 281 g/mol. The summed E-state index contributed by atoms with van der Waals surface area (Å²) in [5.74, 6) is 0.859. The molecule has 1 aliphatic carbocycles. The molecular weight excluding hydrogens is 246 g/mol. The van der Waals surface area contributed by atoms with Gasteiger partial charge in [0.15, 0.2) is 0 Å². The molecule has 0 aromatic rings. The fourth-order valence-corrected chi connectivity index (χ4v) is 4.60. The van der Waals surface area contributed by atoms with Crippen molar-refractivity contribution in [2.45, 2.75) is 57.9 Å². The van der Waals surface area contributed by atoms with Crippen LogP contribution < -0.4 is 5.73 Å². The molecule has 3 nitrogen and oxygen atoms in total. The van der Waals surface area contributed by atoms with Gasteiger partial charge in [0.2, 0.25) is 0 Å². The Balaban J connectivity index is 2.03. The highest BCUT2D eigenvalue weighted by atomic mass is 15.2. The van der Waals surface area contributed by atoms with Crippen molar-refractivity contribution in [3.05, 3.63) is 0 Å². The molecule has 1 heterocycles. The second-order valence-electron chi connectivity index (χ2n) is 7.95. The molecule has 20 heavy (non-hydrogen) atoms. The molecule has 0 spiro atoms. The molecule has 0 amide bonds. The predicted molar refractivity (Wildman–Crippen MR) is 86.9 cm³/mol. The fraction of sp³-hybridized carbons (Fsp3) is 1.00. The molecule has 2 aliphatic rings. The van der Waals surface area contributed by atoms with Crippen LogP contribution in [0.15, 0.2) is 0 Å². The second-order valence-corrected chi connectivity index (χ2v) is 7.95. The first kappa shape index (κ1) is 16.3. The number of piperidine rings is 1. The third kappa shape index (κ3) is 3.05. The van der Waals surface area contributed by atoms with E-state index in [-0.39, 0.29) is 5.54 Å². The van der Waals surface area contributed by atoms with Gasteiger partial charge in [0.25, 0.3) is 0 Å². The van der Waals surface area contributed by atoms with Crippen molar-refractivity contribution in [3.63, 3.8) is 0 Å². The van der Waals surface area contributed by atoms with Crippen molar-refractivity contribution in [1.29, 1.82) is 0 Å². The van der Waals surface area contributed by atoms with E-state index in [1.807, 2.05) is 0 Å². The molecule has 0 aromatic carbocycles. The molecule has 0 aromatic heterocycles. The van der Waals surface area contributed by atoms with Gasteiger partial charge in [-0.15, -0.1) is 0 Å². The lowest BCUT2D eigenvalue weighted by atomic mass is 9.62. The van der Waals surface area contributed by atoms with Gasteiger partial charge in [0.1, 0.15) is 0 Å². The Labute approximate surface area is 125 Å². The van der Waals surface area contributed by atoms with Gasteiger partial charge in [0, 0.05) is 18.6 Å². The number of likely N-dealkylation sites (tertiary alicyclic amines) is 1. The van der Waals surface area contributed by atoms with E-state index in [1.165, 1.54) is 58.2 Å². The first-order valence-electron chi connectivity index (χ1n) is 8.51. The van der Waals surface area contributed by atoms with Crippen LogP contribution in [0.3, 0.4) is 0 Å². The van der Waals surface area contributed by atoms with Gasteiger partial charge in [-0.3, -0.25) is 4.90 Å². The normalized spacial score (nSPS) is 32.7. The molecule has 2 rings (SSSR count). The van der Waals surface area contributed by atoms with Gasteiger partial charge in [-0.2, -0.15) is 0 Å². The summed E-state index contributed by atoms with van der Waals surface area (Å²) in [5, 5.41) is 0. The Kier molecular flexibility index (Phi) is 5.14. The molecule has 2 N–H and O–H groups in total. The van der Waals surface area contributed by atoms with Crippen molar-refractivity contribution >= 4 is 0 Å². The average Bonchev–Trinajstić information content (AvgIpc) is 2.41. The van der Waals surface area contributed by atoms with E-state index in [1.54, 1.807) is 0 Å². The highest BCUT2D eigenvalue weighted by Gasteiger charge is 2.48. The summed E-state index contributed by atoms with van der Waals surface area (Å²) >= 11 is 0. The van der Waals surface area contributed by atoms with Crippen molar-refractivity contribution in [3.8, 4) is 0 Å². The minimum atomic E-state index is 0.217. The van der Waals surface area contributed by atoms with Gasteiger partial charge in [-0.1, -0.05) is 26.7 Å². The minimum Gasteiger partial charge on any atom is -0.329 e. The smallest absolute Gasteiger partial charge is 0.0379 e. The van der Waals surface area contributed by atoms with Crippen molar-refractivity contribution in [2.24, 2.45) is 17.1 Å². The molecule has 1 saturated carbocycles. The molecule has 3 heteroatoms. The van der Waals surface area contributed by atoms with Gasteiger partial charge >= 0.3 is 0 Å². The van der Waals surface area contributed by atoms with Crippen LogP contribution in [0.2, 0.25) is 0 Å². The third-order valence-electron chi connectivity index (χ3n) is 6.34. The van der Waals surface area contributed by atoms with Crippen LogP contribution in [0.5, 0.6) is 0 Å². The maximum atomic E-state index is 6.29. The number of likely N-dealkylation sites (N-methyl/N-ethyl adjacent to an activating group) is 1. The van der Waals surface area contributed by atoms with E-state index >= 15 is 0 Å². The highest BCUT2D eigenvalue weighted by molar-refractivity contribution is 5.04. The Morgan fingerprint density at radius 2 is 1.75 bits per heavy atom. The van der Waals surface area contributed by atoms with E-state index in [4.69, 9.17) is 5.73 Å². The second kappa shape index (κ2) is 6.33. The topological polar surface area (TPSA) is 32.5 Å². The summed E-state index contributed by atoms with van der Waals surface area (Å²) in [6.45, 7) is 9.43. The van der Waals surface area contributed by atoms with Gasteiger partial charge in [0.05, 0.1) is 0 Å². The zero-order valence-corrected chi connectivity index (χ0v) is 14.1. The molecule has 1 atom stereocenters. The SMILES string of the molecule is CN1CCC(CN(C)C2(CN)CCCCC2(C)C)CC1. The van der Waals surface area contributed by atoms with Crippen molar-refractivity contribution < 1.29 is 0 Å². The summed E-state index contributed by atoms with van der Waals surface area (Å²) in [7, 11) is 4.57. The van der Waals surface area contributed by atoms with Crippen LogP contribution in [0, 0.1) is 11.3 Å². The van der Waals surface area contributed by atoms with Gasteiger partial charge in [-0.05, 0) is 64.2 Å². The summed E-state index contributed by atoms with van der Waals surface area (Å²) in [6.07, 6.45) is 8.01. The number of rotatable bonds is 4. The van der Waals surface area contributed by atoms with Gasteiger partial charge in [-0.25, -0.2) is 0 Å². The zero-order chi connectivity index (χ0) is 14.8. The molecule has 0 bridgehead atoms. The van der Waals surface area contributed by atoms with E-state index < -0.39 is 0 Å². The molecule has 118 valence electrons. The Hall–Kier alpha value is -0.120. The number of nitrogens with two attached hydrogens (primary N) is 1. The van der Waals surface area contributed by atoms with Crippen LogP contribution in [-0.4, -0.2) is 55.6 Å². The number of hydrogen-bond donors (Lipinski definition) is 1. The maximum absolute atomic E-state index is 6.29. The predicted octanol–water partition coefficient (Wildman–Crippen LogP) is 2.56. The molecule has 0 radical (unpaired) electrons. The largest absolute Gasteiger partial charge is 0.329 e. The first-order valence-corrected chi connectivity index (χ1v) is 8.51. The highest BCUT2D eigenvalue weighted by Crippen LogP contribution is 2.46. The Bertz CT molecular complexity index is 307. The van der Waals surface area contributed by atoms with Crippen LogP contribution >= 0.6 is 0 Å². The maximum Gasteiger partial charge on any atom is 0.0379 e. The van der Waals surface area contributed by atoms with E-state index in [0.29, 0.717) is 5.41 Å². The van der Waals surface area contributed by atoms with Crippen molar-refractivity contribution in [1.82, 2.24) is 9.80 Å². The molecule has 1 saturated heterocycles. The quantitative estimate of drug-likeness (QED) is 0.859. The first-order chi connectivity index (χ1) is 9.41. The molecule has 1 aliphatic heterocycles. The molecular formula is C17H35N3. The van der Waals surface area contributed by atoms with E-state index in [2.05, 4.69) is 37.7 Å². The lowest BCUT2D eigenvalue weighted by Crippen LogP contribution is -2.63. The number of hydrogen-bond acceptors (Lipinski definition) is 3. The van der Waals surface area contributed by atoms with Crippen LogP contribution in [-0.2, 0) is 0 Å². The minimum absolute atomic E-state index is 0.217. The lowest BCUT2D eigenvalue weighted by Gasteiger charge is -2.56. The van der Waals surface area contributed by atoms with Crippen LogP contribution in [0.4, 0.5) is 0 Å². The fourth-order valence-electron chi connectivity index (χ4n) is 4.60. The Morgan fingerprint density at radius 1 is 1.15 bits per heavy atom. The standard InChI is InChI=1S/C17H35N3/c1-16(2)9-5-6-10-17(16,14-18)20(4)13-15-7-11-19(3)12-8-15/h15H,5-14,18H2,1-4H3. The van der Waals surface area contributed by atoms with Crippen molar-refractivity contribution in [2.75, 3.05) is 40.3 Å². The summed E-state index contributed by atoms with van der Waals surface area (Å²) in [6, 6.07) is 0. The Morgan fingerprint density at radius 3 is 2.30 bits per heavy atom.